The maximum atomic E-state index is 14.8. The second-order valence-corrected chi connectivity index (χ2v) is 10.6. The van der Waals surface area contributed by atoms with Crippen molar-refractivity contribution < 1.29 is 27.9 Å². The van der Waals surface area contributed by atoms with Crippen LogP contribution in [0.5, 0.6) is 0 Å². The first kappa shape index (κ1) is 27.1. The minimum atomic E-state index is -2.91. The van der Waals surface area contributed by atoms with E-state index in [4.69, 9.17) is 11.6 Å². The Morgan fingerprint density at radius 2 is 1.90 bits per heavy atom. The average molecular weight is 558 g/mol. The molecule has 1 unspecified atom stereocenters. The fourth-order valence-corrected chi connectivity index (χ4v) is 5.92. The van der Waals surface area contributed by atoms with Crippen LogP contribution in [-0.4, -0.2) is 34.5 Å². The lowest BCUT2D eigenvalue weighted by Gasteiger charge is -2.32. The maximum absolute atomic E-state index is 14.8. The van der Waals surface area contributed by atoms with Crippen molar-refractivity contribution in [2.75, 3.05) is 11.4 Å². The molecule has 39 heavy (non-hydrogen) atoms. The van der Waals surface area contributed by atoms with Gasteiger partial charge >= 0.3 is 0 Å². The number of carbonyl (C=O) groups is 2. The second kappa shape index (κ2) is 10.6. The van der Waals surface area contributed by atoms with Gasteiger partial charge in [0.05, 0.1) is 16.3 Å². The summed E-state index contributed by atoms with van der Waals surface area (Å²) < 4.78 is 41.5. The molecule has 0 saturated heterocycles. The van der Waals surface area contributed by atoms with Crippen molar-refractivity contribution in [3.63, 3.8) is 0 Å². The number of amides is 2. The number of anilines is 1. The molecule has 10 heteroatoms. The van der Waals surface area contributed by atoms with Crippen molar-refractivity contribution in [3.8, 4) is 0 Å². The molecule has 2 N–H and O–H groups in total. The summed E-state index contributed by atoms with van der Waals surface area (Å²) >= 11 is 5.88. The molecule has 5 rings (SSSR count). The number of fused-ring (bicyclic) bond motifs is 1. The van der Waals surface area contributed by atoms with Crippen LogP contribution < -0.4 is 10.2 Å². The summed E-state index contributed by atoms with van der Waals surface area (Å²) in [6, 6.07) is 12.0. The number of alkyl halides is 2. The highest BCUT2D eigenvalue weighted by Gasteiger charge is 2.53. The molecule has 0 bridgehead atoms. The summed E-state index contributed by atoms with van der Waals surface area (Å²) in [4.78, 5) is 31.6. The minimum Gasteiger partial charge on any atom is -0.372 e. The largest absolute Gasteiger partial charge is 0.372 e. The number of pyridine rings is 1. The summed E-state index contributed by atoms with van der Waals surface area (Å²) in [6.45, 7) is 2.10. The van der Waals surface area contributed by atoms with Crippen molar-refractivity contribution in [2.45, 2.75) is 50.7 Å². The van der Waals surface area contributed by atoms with Crippen LogP contribution in [0, 0.1) is 18.7 Å². The number of aryl methyl sites for hydroxylation is 1. The van der Waals surface area contributed by atoms with E-state index in [1.807, 2.05) is 0 Å². The van der Waals surface area contributed by atoms with Gasteiger partial charge in [0, 0.05) is 29.9 Å². The number of nitrogens with zero attached hydrogens (tertiary/aromatic N) is 2. The first-order valence-electron chi connectivity index (χ1n) is 12.7. The topological polar surface area (TPSA) is 82.5 Å². The summed E-state index contributed by atoms with van der Waals surface area (Å²) in [7, 11) is 0. The lowest BCUT2D eigenvalue weighted by atomic mass is 9.84. The Hall–Kier alpha value is -3.43. The van der Waals surface area contributed by atoms with E-state index in [2.05, 4.69) is 10.3 Å². The number of benzene rings is 2. The Labute approximate surface area is 228 Å². The highest BCUT2D eigenvalue weighted by atomic mass is 35.5. The van der Waals surface area contributed by atoms with Gasteiger partial charge < -0.3 is 15.3 Å². The van der Waals surface area contributed by atoms with Crippen LogP contribution in [0.4, 0.5) is 18.9 Å². The van der Waals surface area contributed by atoms with Crippen LogP contribution in [0.1, 0.15) is 64.9 Å². The number of carbonyl (C=O) groups excluding carboxylic acids is 2. The molecule has 1 aromatic heterocycles. The Balaban J connectivity index is 1.30. The van der Waals surface area contributed by atoms with Gasteiger partial charge in [-0.25, -0.2) is 13.2 Å². The van der Waals surface area contributed by atoms with Crippen molar-refractivity contribution in [1.82, 2.24) is 10.3 Å². The predicted octanol–water partition coefficient (Wildman–Crippen LogP) is 5.69. The Kier molecular flexibility index (Phi) is 7.39. The van der Waals surface area contributed by atoms with E-state index in [9.17, 15) is 27.9 Å². The standard InChI is InChI=1S/C29H27ClF3N3O3/c1-16-5-4-8-23-24(16)29(39,21-6-2-3-7-22(21)31)28(38)36(23)15-17-9-11-19(12-10-17)35-27(37)20-13-18(30)14-34-25(20)26(32)33/h2-8,13-14,17,19,26,39H,9-12,15H2,1H3,(H,35,37)/t17-,19-,29?. The van der Waals surface area contributed by atoms with E-state index >= 15 is 0 Å². The van der Waals surface area contributed by atoms with Crippen molar-refractivity contribution in [1.29, 1.82) is 0 Å². The molecule has 2 aromatic carbocycles. The number of aromatic nitrogens is 1. The zero-order chi connectivity index (χ0) is 27.9. The Bertz CT molecular complexity index is 1430. The zero-order valence-corrected chi connectivity index (χ0v) is 21.9. The molecule has 2 aliphatic rings. The SMILES string of the molecule is Cc1cccc2c1C(O)(c1ccccc1F)C(=O)N2C[C@H]1CC[C@H](NC(=O)c2cc(Cl)cnc2C(F)F)CC1. The van der Waals surface area contributed by atoms with Crippen LogP contribution in [0.3, 0.4) is 0 Å². The second-order valence-electron chi connectivity index (χ2n) is 10.2. The molecule has 2 amide bonds. The van der Waals surface area contributed by atoms with Crippen LogP contribution in [0.2, 0.25) is 5.02 Å². The van der Waals surface area contributed by atoms with Gasteiger partial charge in [-0.05, 0) is 62.3 Å². The van der Waals surface area contributed by atoms with E-state index in [0.717, 1.165) is 6.20 Å². The molecule has 204 valence electrons. The van der Waals surface area contributed by atoms with Crippen molar-refractivity contribution in [2.24, 2.45) is 5.92 Å². The number of nitrogens with one attached hydrogen (secondary N) is 1. The van der Waals surface area contributed by atoms with Gasteiger partial charge in [-0.15, -0.1) is 0 Å². The van der Waals surface area contributed by atoms with E-state index in [-0.39, 0.29) is 28.1 Å². The number of rotatable bonds is 6. The van der Waals surface area contributed by atoms with E-state index in [0.29, 0.717) is 49.0 Å². The van der Waals surface area contributed by atoms with Crippen molar-refractivity contribution >= 4 is 29.1 Å². The summed E-state index contributed by atoms with van der Waals surface area (Å²) in [6.07, 6.45) is 0.639. The number of halogens is 4. The Morgan fingerprint density at radius 1 is 1.18 bits per heavy atom. The maximum Gasteiger partial charge on any atom is 0.281 e. The lowest BCUT2D eigenvalue weighted by Crippen LogP contribution is -2.45. The van der Waals surface area contributed by atoms with Gasteiger partial charge in [-0.2, -0.15) is 0 Å². The molecule has 2 heterocycles. The molecular formula is C29H27ClF3N3O3. The summed E-state index contributed by atoms with van der Waals surface area (Å²) in [5.41, 5.74) is -1.47. The summed E-state index contributed by atoms with van der Waals surface area (Å²) in [5.74, 6) is -1.86. The van der Waals surface area contributed by atoms with Gasteiger partial charge in [0.1, 0.15) is 11.5 Å². The quantitative estimate of drug-likeness (QED) is 0.408. The first-order valence-corrected chi connectivity index (χ1v) is 13.1. The normalized spacial score (nSPS) is 22.7. The fraction of sp³-hybridized carbons (Fsp3) is 0.345. The molecule has 1 fully saturated rings. The predicted molar refractivity (Wildman–Crippen MR) is 140 cm³/mol. The van der Waals surface area contributed by atoms with Gasteiger partial charge in [-0.3, -0.25) is 14.6 Å². The molecule has 1 atom stereocenters. The Morgan fingerprint density at radius 3 is 2.59 bits per heavy atom. The highest BCUT2D eigenvalue weighted by molar-refractivity contribution is 6.30. The third-order valence-corrected chi connectivity index (χ3v) is 7.89. The zero-order valence-electron chi connectivity index (χ0n) is 21.1. The van der Waals surface area contributed by atoms with E-state index in [1.54, 1.807) is 31.2 Å². The fourth-order valence-electron chi connectivity index (χ4n) is 5.76. The van der Waals surface area contributed by atoms with Gasteiger partial charge in [0.15, 0.2) is 5.60 Å². The van der Waals surface area contributed by atoms with E-state index < -0.39 is 35.4 Å². The van der Waals surface area contributed by atoms with Gasteiger partial charge in [0.25, 0.3) is 18.2 Å². The smallest absolute Gasteiger partial charge is 0.281 e. The van der Waals surface area contributed by atoms with Crippen LogP contribution in [-0.2, 0) is 10.4 Å². The number of hydrogen-bond acceptors (Lipinski definition) is 4. The molecular weight excluding hydrogens is 531 g/mol. The van der Waals surface area contributed by atoms with Crippen LogP contribution in [0.15, 0.2) is 54.7 Å². The van der Waals surface area contributed by atoms with Crippen molar-refractivity contribution in [3.05, 3.63) is 93.5 Å². The summed E-state index contributed by atoms with van der Waals surface area (Å²) in [5, 5.41) is 14.6. The van der Waals surface area contributed by atoms with Crippen LogP contribution >= 0.6 is 11.6 Å². The molecule has 1 aliphatic heterocycles. The molecule has 3 aromatic rings. The first-order chi connectivity index (χ1) is 18.6. The minimum absolute atomic E-state index is 0.0582. The van der Waals surface area contributed by atoms with Gasteiger partial charge in [0.2, 0.25) is 0 Å². The monoisotopic (exact) mass is 557 g/mol. The third kappa shape index (κ3) is 4.89. The molecule has 1 saturated carbocycles. The van der Waals surface area contributed by atoms with Crippen LogP contribution in [0.25, 0.3) is 0 Å². The molecule has 6 nitrogen and oxygen atoms in total. The third-order valence-electron chi connectivity index (χ3n) is 7.68. The number of hydrogen-bond donors (Lipinski definition) is 2. The molecule has 1 aliphatic carbocycles. The van der Waals surface area contributed by atoms with Gasteiger partial charge in [-0.1, -0.05) is 41.9 Å². The lowest BCUT2D eigenvalue weighted by molar-refractivity contribution is -0.132. The number of aliphatic hydroxyl groups is 1. The molecule has 0 radical (unpaired) electrons. The molecule has 0 spiro atoms. The van der Waals surface area contributed by atoms with E-state index in [1.165, 1.54) is 29.2 Å². The average Bonchev–Trinajstić information content (AvgIpc) is 3.13. The highest BCUT2D eigenvalue weighted by Crippen LogP contribution is 2.47.